The zero-order chi connectivity index (χ0) is 18.4. The number of hydrogen-bond donors (Lipinski definition) is 2. The molecule has 132 valence electrons. The molecule has 1 heterocycles. The van der Waals surface area contributed by atoms with Crippen molar-refractivity contribution in [2.45, 2.75) is 13.3 Å². The van der Waals surface area contributed by atoms with Gasteiger partial charge in [0.25, 0.3) is 0 Å². The molecule has 6 heteroatoms. The molecule has 26 heavy (non-hydrogen) atoms. The maximum absolute atomic E-state index is 12.9. The predicted molar refractivity (Wildman–Crippen MR) is 100 cm³/mol. The second-order valence-corrected chi connectivity index (χ2v) is 5.85. The molecule has 0 fully saturated rings. The molecule has 1 aromatic heterocycles. The van der Waals surface area contributed by atoms with Crippen LogP contribution in [0, 0.1) is 5.82 Å². The first-order valence-electron chi connectivity index (χ1n) is 8.28. The summed E-state index contributed by atoms with van der Waals surface area (Å²) in [5, 5.41) is 6.41. The Labute approximate surface area is 151 Å². The summed E-state index contributed by atoms with van der Waals surface area (Å²) < 4.78 is 12.9. The topological polar surface area (TPSA) is 66.9 Å². The number of aromatic nitrogens is 2. The number of benzene rings is 2. The van der Waals surface area contributed by atoms with Gasteiger partial charge in [0.05, 0.1) is 0 Å². The normalized spacial score (nSPS) is 10.4. The van der Waals surface area contributed by atoms with Crippen molar-refractivity contribution in [1.82, 2.24) is 9.97 Å². The van der Waals surface area contributed by atoms with Crippen molar-refractivity contribution in [3.8, 4) is 0 Å². The molecule has 0 amide bonds. The lowest BCUT2D eigenvalue weighted by atomic mass is 10.1. The van der Waals surface area contributed by atoms with Crippen LogP contribution >= 0.6 is 0 Å². The Hall–Kier alpha value is -3.28. The van der Waals surface area contributed by atoms with Gasteiger partial charge in [0, 0.05) is 23.9 Å². The minimum atomic E-state index is -0.232. The van der Waals surface area contributed by atoms with Crippen molar-refractivity contribution in [1.29, 1.82) is 0 Å². The van der Waals surface area contributed by atoms with E-state index in [1.807, 2.05) is 18.2 Å². The van der Waals surface area contributed by atoms with E-state index in [0.717, 1.165) is 17.7 Å². The largest absolute Gasteiger partial charge is 0.370 e. The molecular formula is C20H19FN4O. The van der Waals surface area contributed by atoms with Crippen molar-refractivity contribution in [2.24, 2.45) is 0 Å². The summed E-state index contributed by atoms with van der Waals surface area (Å²) in [6.45, 7) is 2.21. The third-order valence-corrected chi connectivity index (χ3v) is 3.86. The number of carbonyl (C=O) groups excluding carboxylic acids is 1. The van der Waals surface area contributed by atoms with E-state index in [9.17, 15) is 9.18 Å². The van der Waals surface area contributed by atoms with Crippen LogP contribution in [0.1, 0.15) is 22.8 Å². The highest BCUT2D eigenvalue weighted by atomic mass is 19.1. The van der Waals surface area contributed by atoms with Gasteiger partial charge in [-0.25, -0.2) is 14.4 Å². The number of rotatable bonds is 7. The molecule has 2 N–H and O–H groups in total. The van der Waals surface area contributed by atoms with Crippen molar-refractivity contribution >= 4 is 23.1 Å². The average molecular weight is 350 g/mol. The zero-order valence-corrected chi connectivity index (χ0v) is 14.4. The van der Waals surface area contributed by atoms with Crippen LogP contribution in [0.4, 0.5) is 21.7 Å². The van der Waals surface area contributed by atoms with Crippen molar-refractivity contribution in [3.05, 3.63) is 77.9 Å². The van der Waals surface area contributed by atoms with E-state index in [4.69, 9.17) is 0 Å². The standard InChI is InChI=1S/C20H19FN4O/c1-14(26)16-4-8-18(9-5-16)25-20-12-19(23-13-24-20)22-11-10-15-2-6-17(21)7-3-15/h2-9,12-13H,10-11H2,1H3,(H2,22,23,24,25). The van der Waals surface area contributed by atoms with Crippen molar-refractivity contribution in [2.75, 3.05) is 17.2 Å². The number of nitrogens with one attached hydrogen (secondary N) is 2. The van der Waals surface area contributed by atoms with Gasteiger partial charge in [-0.2, -0.15) is 0 Å². The van der Waals surface area contributed by atoms with E-state index in [1.165, 1.54) is 25.4 Å². The predicted octanol–water partition coefficient (Wildman–Crippen LogP) is 4.22. The number of halogens is 1. The Bertz CT molecular complexity index is 879. The number of Topliss-reactive ketones (excluding diaryl/α,β-unsaturated/α-hetero) is 1. The van der Waals surface area contributed by atoms with Crippen LogP contribution < -0.4 is 10.6 Å². The van der Waals surface area contributed by atoms with Gasteiger partial charge in [0.1, 0.15) is 23.8 Å². The van der Waals surface area contributed by atoms with Gasteiger partial charge in [0.2, 0.25) is 0 Å². The Morgan fingerprint density at radius 1 is 1.00 bits per heavy atom. The minimum absolute atomic E-state index is 0.0335. The highest BCUT2D eigenvalue weighted by Gasteiger charge is 2.02. The van der Waals surface area contributed by atoms with Gasteiger partial charge < -0.3 is 10.6 Å². The fourth-order valence-corrected chi connectivity index (χ4v) is 2.44. The monoisotopic (exact) mass is 350 g/mol. The van der Waals surface area contributed by atoms with Crippen LogP contribution in [-0.4, -0.2) is 22.3 Å². The first kappa shape index (κ1) is 17.5. The summed E-state index contributed by atoms with van der Waals surface area (Å²) in [5.41, 5.74) is 2.56. The smallest absolute Gasteiger partial charge is 0.159 e. The van der Waals surface area contributed by atoms with Gasteiger partial charge in [-0.1, -0.05) is 12.1 Å². The third kappa shape index (κ3) is 4.86. The van der Waals surface area contributed by atoms with Gasteiger partial charge in [-0.05, 0) is 55.3 Å². The number of ketones is 1. The van der Waals surface area contributed by atoms with Gasteiger partial charge in [-0.3, -0.25) is 4.79 Å². The molecule has 0 bridgehead atoms. The quantitative estimate of drug-likeness (QED) is 0.625. The SMILES string of the molecule is CC(=O)c1ccc(Nc2cc(NCCc3ccc(F)cc3)ncn2)cc1. The number of hydrogen-bond acceptors (Lipinski definition) is 5. The van der Waals surface area contributed by atoms with E-state index in [-0.39, 0.29) is 11.6 Å². The molecule has 0 spiro atoms. The average Bonchev–Trinajstić information content (AvgIpc) is 2.64. The second-order valence-electron chi connectivity index (χ2n) is 5.85. The molecule has 3 rings (SSSR count). The minimum Gasteiger partial charge on any atom is -0.370 e. The van der Waals surface area contributed by atoms with E-state index in [0.29, 0.717) is 23.7 Å². The molecular weight excluding hydrogens is 331 g/mol. The molecule has 5 nitrogen and oxygen atoms in total. The molecule has 0 saturated heterocycles. The Morgan fingerprint density at radius 3 is 2.38 bits per heavy atom. The number of anilines is 3. The lowest BCUT2D eigenvalue weighted by Crippen LogP contribution is -2.07. The highest BCUT2D eigenvalue weighted by Crippen LogP contribution is 2.17. The van der Waals surface area contributed by atoms with Crippen LogP contribution in [0.2, 0.25) is 0 Å². The molecule has 0 radical (unpaired) electrons. The molecule has 0 saturated carbocycles. The summed E-state index contributed by atoms with van der Waals surface area (Å²) in [6, 6.07) is 15.5. The van der Waals surface area contributed by atoms with E-state index < -0.39 is 0 Å². The second kappa shape index (κ2) is 8.20. The van der Waals surface area contributed by atoms with Crippen LogP contribution in [0.3, 0.4) is 0 Å². The molecule has 0 aliphatic heterocycles. The molecule has 2 aromatic carbocycles. The summed E-state index contributed by atoms with van der Waals surface area (Å²) in [5.74, 6) is 1.15. The lowest BCUT2D eigenvalue weighted by Gasteiger charge is -2.09. The summed E-state index contributed by atoms with van der Waals surface area (Å²) >= 11 is 0. The van der Waals surface area contributed by atoms with Gasteiger partial charge in [-0.15, -0.1) is 0 Å². The summed E-state index contributed by atoms with van der Waals surface area (Å²) in [6.07, 6.45) is 2.24. The molecule has 0 unspecified atom stereocenters. The molecule has 3 aromatic rings. The van der Waals surface area contributed by atoms with Crippen LogP contribution in [0.15, 0.2) is 60.9 Å². The van der Waals surface area contributed by atoms with Gasteiger partial charge >= 0.3 is 0 Å². The first-order valence-corrected chi connectivity index (χ1v) is 8.28. The van der Waals surface area contributed by atoms with Crippen molar-refractivity contribution < 1.29 is 9.18 Å². The van der Waals surface area contributed by atoms with Crippen LogP contribution in [0.25, 0.3) is 0 Å². The number of nitrogens with zero attached hydrogens (tertiary/aromatic N) is 2. The fourth-order valence-electron chi connectivity index (χ4n) is 2.44. The van der Waals surface area contributed by atoms with Crippen molar-refractivity contribution in [3.63, 3.8) is 0 Å². The maximum atomic E-state index is 12.9. The molecule has 0 atom stereocenters. The fraction of sp³-hybridized carbons (Fsp3) is 0.150. The van der Waals surface area contributed by atoms with Gasteiger partial charge in [0.15, 0.2) is 5.78 Å². The Kier molecular flexibility index (Phi) is 5.53. The first-order chi connectivity index (χ1) is 12.6. The summed E-state index contributed by atoms with van der Waals surface area (Å²) in [7, 11) is 0. The number of carbonyl (C=O) groups is 1. The van der Waals surface area contributed by atoms with Crippen LogP contribution in [-0.2, 0) is 6.42 Å². The van der Waals surface area contributed by atoms with Crippen LogP contribution in [0.5, 0.6) is 0 Å². The van der Waals surface area contributed by atoms with E-state index >= 15 is 0 Å². The summed E-state index contributed by atoms with van der Waals surface area (Å²) in [4.78, 5) is 19.7. The highest BCUT2D eigenvalue weighted by molar-refractivity contribution is 5.94. The molecule has 0 aliphatic carbocycles. The van der Waals surface area contributed by atoms with E-state index in [2.05, 4.69) is 20.6 Å². The Balaban J connectivity index is 1.57. The molecule has 0 aliphatic rings. The van der Waals surface area contributed by atoms with E-state index in [1.54, 1.807) is 24.3 Å². The zero-order valence-electron chi connectivity index (χ0n) is 14.4. The Morgan fingerprint density at radius 2 is 1.69 bits per heavy atom. The third-order valence-electron chi connectivity index (χ3n) is 3.86. The maximum Gasteiger partial charge on any atom is 0.159 e. The lowest BCUT2D eigenvalue weighted by molar-refractivity contribution is 0.101.